The van der Waals surface area contributed by atoms with Gasteiger partial charge in [0.05, 0.1) is 5.69 Å². The van der Waals surface area contributed by atoms with E-state index in [0.29, 0.717) is 25.1 Å². The third-order valence-electron chi connectivity index (χ3n) is 2.89. The van der Waals surface area contributed by atoms with Gasteiger partial charge in [0.1, 0.15) is 5.75 Å². The van der Waals surface area contributed by atoms with Crippen molar-refractivity contribution in [2.45, 2.75) is 19.3 Å². The molecule has 0 atom stereocenters. The molecule has 1 N–H and O–H groups in total. The Balaban J connectivity index is 2.05. The van der Waals surface area contributed by atoms with Gasteiger partial charge in [-0.1, -0.05) is 0 Å². The molecule has 0 unspecified atom stereocenters. The first kappa shape index (κ1) is 14.1. The van der Waals surface area contributed by atoms with Gasteiger partial charge in [-0.2, -0.15) is 0 Å². The first-order valence-corrected chi connectivity index (χ1v) is 7.10. The van der Waals surface area contributed by atoms with Crippen LogP contribution >= 0.6 is 22.6 Å². The average molecular weight is 375 g/mol. The molecule has 0 bridgehead atoms. The van der Waals surface area contributed by atoms with Crippen LogP contribution in [-0.2, 0) is 9.59 Å². The number of halogens is 1. The first-order valence-electron chi connectivity index (χ1n) is 6.02. The number of anilines is 1. The first-order chi connectivity index (χ1) is 9.08. The maximum Gasteiger partial charge on any atom is 0.303 e. The largest absolute Gasteiger partial charge is 0.482 e. The van der Waals surface area contributed by atoms with Crippen LogP contribution in [0.4, 0.5) is 5.69 Å². The topological polar surface area (TPSA) is 66.8 Å². The lowest BCUT2D eigenvalue weighted by Crippen LogP contribution is -2.39. The number of carboxylic acid groups (broad SMARTS) is 1. The summed E-state index contributed by atoms with van der Waals surface area (Å²) in [5, 5.41) is 8.60. The number of unbranched alkanes of at least 4 members (excludes halogenated alkanes) is 1. The summed E-state index contributed by atoms with van der Waals surface area (Å²) in [4.78, 5) is 24.0. The van der Waals surface area contributed by atoms with Crippen LogP contribution in [0.5, 0.6) is 5.75 Å². The molecule has 0 aliphatic carbocycles. The maximum atomic E-state index is 11.9. The monoisotopic (exact) mass is 375 g/mol. The van der Waals surface area contributed by atoms with Crippen LogP contribution in [0.1, 0.15) is 19.3 Å². The minimum atomic E-state index is -0.803. The summed E-state index contributed by atoms with van der Waals surface area (Å²) >= 11 is 2.19. The number of ether oxygens (including phenoxy) is 1. The van der Waals surface area contributed by atoms with Crippen molar-refractivity contribution in [2.24, 2.45) is 0 Å². The van der Waals surface area contributed by atoms with Crippen LogP contribution in [0.2, 0.25) is 0 Å². The predicted octanol–water partition coefficient (Wildman–Crippen LogP) is 2.27. The van der Waals surface area contributed by atoms with E-state index in [-0.39, 0.29) is 18.9 Å². The molecule has 0 fully saturated rings. The van der Waals surface area contributed by atoms with Gasteiger partial charge >= 0.3 is 5.97 Å². The summed E-state index contributed by atoms with van der Waals surface area (Å²) in [6, 6.07) is 5.69. The van der Waals surface area contributed by atoms with Crippen molar-refractivity contribution >= 4 is 40.2 Å². The van der Waals surface area contributed by atoms with E-state index in [1.807, 2.05) is 18.2 Å². The Labute approximate surface area is 124 Å². The number of hydrogen-bond acceptors (Lipinski definition) is 3. The Morgan fingerprint density at radius 3 is 2.95 bits per heavy atom. The molecule has 0 radical (unpaired) electrons. The highest BCUT2D eigenvalue weighted by Gasteiger charge is 2.25. The van der Waals surface area contributed by atoms with Crippen LogP contribution in [-0.4, -0.2) is 30.1 Å². The van der Waals surface area contributed by atoms with Crippen molar-refractivity contribution in [1.29, 1.82) is 0 Å². The molecule has 0 spiro atoms. The van der Waals surface area contributed by atoms with Gasteiger partial charge in [-0.25, -0.2) is 0 Å². The van der Waals surface area contributed by atoms with E-state index in [1.54, 1.807) is 4.90 Å². The van der Waals surface area contributed by atoms with Gasteiger partial charge in [-0.3, -0.25) is 9.59 Å². The minimum absolute atomic E-state index is 0.0481. The van der Waals surface area contributed by atoms with E-state index in [4.69, 9.17) is 9.84 Å². The van der Waals surface area contributed by atoms with Crippen molar-refractivity contribution < 1.29 is 19.4 Å². The van der Waals surface area contributed by atoms with Crippen LogP contribution in [0.15, 0.2) is 18.2 Å². The van der Waals surface area contributed by atoms with Crippen molar-refractivity contribution in [2.75, 3.05) is 18.1 Å². The van der Waals surface area contributed by atoms with Crippen molar-refractivity contribution in [3.63, 3.8) is 0 Å². The van der Waals surface area contributed by atoms with Gasteiger partial charge in [0.2, 0.25) is 0 Å². The van der Waals surface area contributed by atoms with E-state index >= 15 is 0 Å². The number of carbonyl (C=O) groups is 2. The second-order valence-corrected chi connectivity index (χ2v) is 5.54. The van der Waals surface area contributed by atoms with E-state index in [0.717, 1.165) is 9.26 Å². The summed E-state index contributed by atoms with van der Waals surface area (Å²) in [5.74, 6) is -0.175. The van der Waals surface area contributed by atoms with Crippen LogP contribution in [0.3, 0.4) is 0 Å². The number of hydrogen-bond donors (Lipinski definition) is 1. The number of aliphatic carboxylic acids is 1. The second kappa shape index (κ2) is 6.23. The molecule has 1 aliphatic rings. The fraction of sp³-hybridized carbons (Fsp3) is 0.385. The molecule has 0 saturated heterocycles. The second-order valence-electron chi connectivity index (χ2n) is 4.30. The summed E-state index contributed by atoms with van der Waals surface area (Å²) in [7, 11) is 0. The van der Waals surface area contributed by atoms with Crippen molar-refractivity contribution in [3.05, 3.63) is 21.8 Å². The number of amides is 1. The molecule has 5 nitrogen and oxygen atoms in total. The summed E-state index contributed by atoms with van der Waals surface area (Å²) < 4.78 is 6.41. The smallest absolute Gasteiger partial charge is 0.303 e. The standard InChI is InChI=1S/C13H14INO4/c14-9-4-5-11-10(7-9)15(12(16)8-19-11)6-2-1-3-13(17)18/h4-5,7H,1-3,6,8H2,(H,17,18). The lowest BCUT2D eigenvalue weighted by molar-refractivity contribution is -0.137. The third-order valence-corrected chi connectivity index (χ3v) is 3.56. The molecule has 102 valence electrons. The van der Waals surface area contributed by atoms with Gasteiger partial charge in [0.15, 0.2) is 6.61 Å². The van der Waals surface area contributed by atoms with Crippen LogP contribution < -0.4 is 9.64 Å². The Bertz CT molecular complexity index is 503. The summed E-state index contributed by atoms with van der Waals surface area (Å²) in [6.07, 6.45) is 1.37. The number of carbonyl (C=O) groups excluding carboxylic acids is 1. The van der Waals surface area contributed by atoms with E-state index in [1.165, 1.54) is 0 Å². The maximum absolute atomic E-state index is 11.9. The minimum Gasteiger partial charge on any atom is -0.482 e. The average Bonchev–Trinajstić information content (AvgIpc) is 2.36. The zero-order valence-electron chi connectivity index (χ0n) is 10.3. The molecule has 0 saturated carbocycles. The molecule has 1 aromatic rings. The number of fused-ring (bicyclic) bond motifs is 1. The summed E-state index contributed by atoms with van der Waals surface area (Å²) in [5.41, 5.74) is 0.776. The molecular weight excluding hydrogens is 361 g/mol. The van der Waals surface area contributed by atoms with Crippen molar-refractivity contribution in [3.8, 4) is 5.75 Å². The lowest BCUT2D eigenvalue weighted by atomic mass is 10.2. The van der Waals surface area contributed by atoms with Crippen LogP contribution in [0, 0.1) is 3.57 Å². The Morgan fingerprint density at radius 1 is 1.42 bits per heavy atom. The van der Waals surface area contributed by atoms with Crippen LogP contribution in [0.25, 0.3) is 0 Å². The zero-order valence-corrected chi connectivity index (χ0v) is 12.4. The molecule has 1 aliphatic heterocycles. The van der Waals surface area contributed by atoms with Gasteiger partial charge in [0, 0.05) is 16.5 Å². The quantitative estimate of drug-likeness (QED) is 0.634. The fourth-order valence-electron chi connectivity index (χ4n) is 1.97. The predicted molar refractivity (Wildman–Crippen MR) is 78.5 cm³/mol. The Morgan fingerprint density at radius 2 is 2.21 bits per heavy atom. The number of carboxylic acids is 1. The molecule has 2 rings (SSSR count). The van der Waals surface area contributed by atoms with Crippen molar-refractivity contribution in [1.82, 2.24) is 0 Å². The lowest BCUT2D eigenvalue weighted by Gasteiger charge is -2.29. The van der Waals surface area contributed by atoms with Gasteiger partial charge in [0.25, 0.3) is 5.91 Å². The molecule has 1 heterocycles. The molecule has 6 heteroatoms. The Hall–Kier alpha value is -1.31. The molecular formula is C13H14INO4. The number of nitrogens with zero attached hydrogens (tertiary/aromatic N) is 1. The normalized spacial score (nSPS) is 13.9. The molecule has 0 aromatic heterocycles. The fourth-order valence-corrected chi connectivity index (χ4v) is 2.44. The molecule has 1 aromatic carbocycles. The van der Waals surface area contributed by atoms with E-state index < -0.39 is 5.97 Å². The van der Waals surface area contributed by atoms with Gasteiger partial charge < -0.3 is 14.7 Å². The zero-order chi connectivity index (χ0) is 13.8. The SMILES string of the molecule is O=C(O)CCCCN1C(=O)COc2ccc(I)cc21. The molecule has 1 amide bonds. The molecule has 19 heavy (non-hydrogen) atoms. The number of rotatable bonds is 5. The van der Waals surface area contributed by atoms with E-state index in [2.05, 4.69) is 22.6 Å². The van der Waals surface area contributed by atoms with Gasteiger partial charge in [-0.05, 0) is 53.6 Å². The van der Waals surface area contributed by atoms with E-state index in [9.17, 15) is 9.59 Å². The Kier molecular flexibility index (Phi) is 4.62. The number of benzene rings is 1. The highest BCUT2D eigenvalue weighted by atomic mass is 127. The highest BCUT2D eigenvalue weighted by Crippen LogP contribution is 2.33. The third kappa shape index (κ3) is 3.59. The van der Waals surface area contributed by atoms with Gasteiger partial charge in [-0.15, -0.1) is 0 Å². The highest BCUT2D eigenvalue weighted by molar-refractivity contribution is 14.1. The summed E-state index contributed by atoms with van der Waals surface area (Å²) in [6.45, 7) is 0.578.